The third-order valence-electron chi connectivity index (χ3n) is 18.1. The molecule has 3 saturated carbocycles. The van der Waals surface area contributed by atoms with Crippen LogP contribution < -0.4 is 51.4 Å². The van der Waals surface area contributed by atoms with E-state index in [4.69, 9.17) is 42.9 Å². The van der Waals surface area contributed by atoms with Crippen LogP contribution in [0.4, 0.5) is 26.7 Å². The number of hydrogen-bond acceptors (Lipinski definition) is 15. The summed E-state index contributed by atoms with van der Waals surface area (Å²) in [6.07, 6.45) is 5.69. The van der Waals surface area contributed by atoms with Gasteiger partial charge < -0.3 is 85.7 Å². The molecule has 28 heteroatoms. The van der Waals surface area contributed by atoms with Crippen molar-refractivity contribution in [3.8, 4) is 11.5 Å². The van der Waals surface area contributed by atoms with Gasteiger partial charge in [0.25, 0.3) is 0 Å². The zero-order chi connectivity index (χ0) is 65.8. The fourth-order valence-corrected chi connectivity index (χ4v) is 14.2. The number of halogens is 2. The Morgan fingerprint density at radius 1 is 0.736 bits per heavy atom. The Kier molecular flexibility index (Phi) is 21.5. The second kappa shape index (κ2) is 28.7. The smallest absolute Gasteiger partial charge is 0.415 e. The first-order valence-electron chi connectivity index (χ1n) is 30.7. The standard InChI is InChI=1S/C63H83Cl2N12O13P/c1-34(2)52(73-56(80)42(70-37(5)78)12-9-10-18-66)57(81)72-43(13-11-19-67-6)55(79)71-41-16-14-38(15-17-41)30-88-60(84)74(7)20-21-75(8)61(85)89-46-22-44-50(48-35(3)26-68-53(46)48)39(24-64)28-76(44)58(82)62-31-63(32-62,33-62)59(83)77-29-40(25-65)51-45(77)23-47(90-91(86)87)54-49(51)36(4)27-69-54/h14-17,22-23,26-27,34,39-40,42-43,52,67-69,86-87H,9-13,18-21,24-25,28-33,66H2,1-8H3,(H,70,78)(H,71,79)(H,72,81)(H,73,80). The first kappa shape index (κ1) is 68.1. The van der Waals surface area contributed by atoms with Crippen molar-refractivity contribution in [2.75, 3.05) is 87.3 Å². The predicted octanol–water partition coefficient (Wildman–Crippen LogP) is 6.96. The van der Waals surface area contributed by atoms with Crippen LogP contribution in [-0.4, -0.2) is 167 Å². The number of aromatic amines is 2. The van der Waals surface area contributed by atoms with Crippen LogP contribution >= 0.6 is 31.8 Å². The molecule has 0 saturated heterocycles. The van der Waals surface area contributed by atoms with Gasteiger partial charge in [-0.15, -0.1) is 23.2 Å². The van der Waals surface area contributed by atoms with E-state index in [0.29, 0.717) is 105 Å². The van der Waals surface area contributed by atoms with Crippen LogP contribution in [0.5, 0.6) is 11.5 Å². The molecule has 3 fully saturated rings. The Morgan fingerprint density at radius 2 is 1.26 bits per heavy atom. The lowest BCUT2D eigenvalue weighted by Crippen LogP contribution is -2.73. The molecule has 11 N–H and O–H groups in total. The van der Waals surface area contributed by atoms with Crippen molar-refractivity contribution < 1.29 is 62.1 Å². The summed E-state index contributed by atoms with van der Waals surface area (Å²) in [5, 5.41) is 15.8. The highest BCUT2D eigenvalue weighted by Gasteiger charge is 2.76. The molecule has 492 valence electrons. The van der Waals surface area contributed by atoms with E-state index in [9.17, 15) is 48.1 Å². The number of amides is 8. The van der Waals surface area contributed by atoms with Crippen molar-refractivity contribution in [1.82, 2.24) is 41.0 Å². The van der Waals surface area contributed by atoms with Crippen molar-refractivity contribution in [3.63, 3.8) is 0 Å². The number of carbonyl (C=O) groups excluding carboxylic acids is 8. The maximum absolute atomic E-state index is 14.9. The van der Waals surface area contributed by atoms with E-state index in [1.165, 1.54) is 30.8 Å². The van der Waals surface area contributed by atoms with E-state index in [-0.39, 0.29) is 84.9 Å². The number of nitrogens with one attached hydrogen (secondary N) is 7. The van der Waals surface area contributed by atoms with Gasteiger partial charge in [0.2, 0.25) is 35.4 Å². The van der Waals surface area contributed by atoms with Gasteiger partial charge in [0.1, 0.15) is 24.7 Å². The molecule has 25 nitrogen and oxygen atoms in total. The SMILES string of the molecule is CNCCCC(NC(=O)C(NC(=O)C(CCCCN)NC(C)=O)C(C)C)C(=O)Nc1ccc(COC(=O)N(C)CCN(C)C(=O)Oc2cc3c(c4c(C)c[nH]c24)C(CCl)CN3C(=O)C23CC(C(=O)N4CC(CCl)c5c4cc(OP(O)O)c4[nH]cc(C)c54)(C2)C3)cc1. The Hall–Kier alpha value is -7.25. The minimum absolute atomic E-state index is 0.0591. The highest BCUT2D eigenvalue weighted by molar-refractivity contribution is 7.39. The number of fused-ring (bicyclic) bond motifs is 6. The van der Waals surface area contributed by atoms with Gasteiger partial charge in [-0.25, -0.2) is 9.59 Å². The summed E-state index contributed by atoms with van der Waals surface area (Å²) < 4.78 is 17.1. The summed E-state index contributed by atoms with van der Waals surface area (Å²) in [5.74, 6) is -2.10. The van der Waals surface area contributed by atoms with E-state index < -0.39 is 67.5 Å². The molecule has 5 atom stereocenters. The number of rotatable bonds is 28. The lowest BCUT2D eigenvalue weighted by molar-refractivity contribution is -0.205. The van der Waals surface area contributed by atoms with Gasteiger partial charge in [0, 0.05) is 112 Å². The zero-order valence-electron chi connectivity index (χ0n) is 52.6. The number of nitrogens with two attached hydrogens (primary N) is 1. The molecule has 10 rings (SSSR count). The Balaban J connectivity index is 0.781. The van der Waals surface area contributed by atoms with Crippen LogP contribution in [-0.2, 0) is 40.1 Å². The number of unbranched alkanes of at least 4 members (excludes halogenated alkanes) is 1. The minimum Gasteiger partial charge on any atom is -0.445 e. The summed E-state index contributed by atoms with van der Waals surface area (Å²) in [5.41, 5.74) is 10.9. The normalized spacial score (nSPS) is 19.6. The molecular weight excluding hydrogens is 1230 g/mol. The van der Waals surface area contributed by atoms with E-state index in [1.807, 2.05) is 20.0 Å². The monoisotopic (exact) mass is 1320 g/mol. The molecule has 5 aromatic rings. The molecule has 2 aliphatic heterocycles. The number of hydrogen-bond donors (Lipinski definition) is 10. The van der Waals surface area contributed by atoms with Crippen molar-refractivity contribution >= 4 is 118 Å². The van der Waals surface area contributed by atoms with Gasteiger partial charge in [0.15, 0.2) is 11.5 Å². The summed E-state index contributed by atoms with van der Waals surface area (Å²) in [6, 6.07) is 7.18. The molecule has 8 amide bonds. The molecule has 3 aromatic carbocycles. The molecule has 2 bridgehead atoms. The van der Waals surface area contributed by atoms with E-state index in [0.717, 1.165) is 33.0 Å². The fourth-order valence-electron chi connectivity index (χ4n) is 13.3. The lowest BCUT2D eigenvalue weighted by atomic mass is 9.34. The van der Waals surface area contributed by atoms with Crippen LogP contribution in [0.2, 0.25) is 0 Å². The van der Waals surface area contributed by atoms with Gasteiger partial charge in [-0.3, -0.25) is 28.8 Å². The third kappa shape index (κ3) is 14.2. The first-order valence-corrected chi connectivity index (χ1v) is 33.0. The summed E-state index contributed by atoms with van der Waals surface area (Å²) >= 11 is 13.2. The number of aryl methyl sites for hydroxylation is 2. The number of ether oxygens (including phenoxy) is 2. The number of anilines is 3. The highest BCUT2D eigenvalue weighted by Crippen LogP contribution is 2.75. The van der Waals surface area contributed by atoms with Crippen molar-refractivity contribution in [3.05, 3.63) is 76.6 Å². The summed E-state index contributed by atoms with van der Waals surface area (Å²) in [7, 11) is 2.10. The lowest BCUT2D eigenvalue weighted by Gasteiger charge is -2.69. The average molecular weight is 1320 g/mol. The molecule has 3 aliphatic carbocycles. The number of benzene rings is 3. The number of carbonyl (C=O) groups is 8. The van der Waals surface area contributed by atoms with E-state index in [1.54, 1.807) is 73.3 Å². The van der Waals surface area contributed by atoms with Crippen LogP contribution in [0, 0.1) is 30.6 Å². The molecule has 5 aliphatic rings. The highest BCUT2D eigenvalue weighted by atomic mass is 35.5. The van der Waals surface area contributed by atoms with Gasteiger partial charge in [-0.05, 0) is 131 Å². The molecule has 2 aromatic heterocycles. The number of nitrogens with zero attached hydrogens (tertiary/aromatic N) is 4. The maximum atomic E-state index is 14.9. The van der Waals surface area contributed by atoms with Crippen LogP contribution in [0.15, 0.2) is 48.8 Å². The van der Waals surface area contributed by atoms with Gasteiger partial charge >= 0.3 is 20.8 Å². The molecule has 5 unspecified atom stereocenters. The summed E-state index contributed by atoms with van der Waals surface area (Å²) in [6.45, 7) is 10.4. The van der Waals surface area contributed by atoms with Gasteiger partial charge in [-0.1, -0.05) is 26.0 Å². The maximum Gasteiger partial charge on any atom is 0.415 e. The van der Waals surface area contributed by atoms with E-state index >= 15 is 0 Å². The molecule has 0 radical (unpaired) electrons. The van der Waals surface area contributed by atoms with Crippen LogP contribution in [0.25, 0.3) is 21.8 Å². The van der Waals surface area contributed by atoms with Crippen molar-refractivity contribution in [2.45, 2.75) is 123 Å². The Labute approximate surface area is 539 Å². The zero-order valence-corrected chi connectivity index (χ0v) is 55.0. The quantitative estimate of drug-likeness (QED) is 0.0137. The van der Waals surface area contributed by atoms with Gasteiger partial charge in [0.05, 0.1) is 33.2 Å². The molecule has 91 heavy (non-hydrogen) atoms. The molecular formula is C63H83Cl2N12O13P. The van der Waals surface area contributed by atoms with Crippen LogP contribution in [0.3, 0.4) is 0 Å². The van der Waals surface area contributed by atoms with Crippen molar-refractivity contribution in [1.29, 1.82) is 0 Å². The van der Waals surface area contributed by atoms with E-state index in [2.05, 4.69) is 36.6 Å². The average Bonchev–Trinajstić information content (AvgIpc) is 1.40. The van der Waals surface area contributed by atoms with Crippen LogP contribution in [0.1, 0.15) is 112 Å². The summed E-state index contributed by atoms with van der Waals surface area (Å²) in [4.78, 5) is 142. The second-order valence-electron chi connectivity index (χ2n) is 25.1. The fraction of sp³-hybridized carbons (Fsp3) is 0.524. The minimum atomic E-state index is -2.75. The largest absolute Gasteiger partial charge is 0.445 e. The number of H-pyrrole nitrogens is 2. The number of aromatic nitrogens is 2. The second-order valence-corrected chi connectivity index (χ2v) is 26.4. The molecule has 0 spiro atoms. The predicted molar refractivity (Wildman–Crippen MR) is 347 cm³/mol. The van der Waals surface area contributed by atoms with Crippen molar-refractivity contribution in [2.24, 2.45) is 22.5 Å². The first-order chi connectivity index (χ1) is 43.4. The molecule has 4 heterocycles. The Morgan fingerprint density at radius 3 is 1.78 bits per heavy atom. The Bertz CT molecular complexity index is 3560. The number of alkyl halides is 2. The van der Waals surface area contributed by atoms with Gasteiger partial charge in [-0.2, -0.15) is 0 Å². The topological polar surface area (TPSA) is 335 Å². The third-order valence-corrected chi connectivity index (χ3v) is 19.2. The number of likely N-dealkylation sites (N-methyl/N-ethyl adjacent to an activating group) is 2.